The van der Waals surface area contributed by atoms with Crippen LogP contribution in [-0.4, -0.2) is 71.2 Å². The minimum absolute atomic E-state index is 0. The van der Waals surface area contributed by atoms with Crippen molar-refractivity contribution < 1.29 is 68.3 Å². The maximum atomic E-state index is 10.9. The molecule has 31 heavy (non-hydrogen) atoms. The Balaban J connectivity index is -0.0000000383. The summed E-state index contributed by atoms with van der Waals surface area (Å²) < 4.78 is 125. The Hall–Kier alpha value is -1.64. The summed E-state index contributed by atoms with van der Waals surface area (Å²) in [4.78, 5) is 0. The van der Waals surface area contributed by atoms with Gasteiger partial charge in [-0.05, 0) is 6.92 Å². The van der Waals surface area contributed by atoms with Crippen molar-refractivity contribution in [3.05, 3.63) is 0 Å². The van der Waals surface area contributed by atoms with Gasteiger partial charge < -0.3 is 17.3 Å². The third-order valence-corrected chi connectivity index (χ3v) is 2.77. The number of alkyl halides is 3. The SMILES string of the molecule is C.C.CC[18F].CS(=O)(=O)OCO[S-](=O)=O.CS(=O)(=O)OC[18F].CS(=O)(=O)OC[18F].[18F-].[Rf]. The molecule has 0 aromatic carbocycles. The second-order valence-corrected chi connectivity index (χ2v) is 8.97. The zero-order valence-electron chi connectivity index (χ0n) is 15.6. The van der Waals surface area contributed by atoms with E-state index < -0.39 is 61.9 Å². The molecular formula is C10H28F4O12RfS4-2. The summed E-state index contributed by atoms with van der Waals surface area (Å²) in [7, 11) is -13.5. The quantitative estimate of drug-likeness (QED) is 0.117. The Morgan fingerprint density at radius 3 is 1.03 bits per heavy atom. The molecule has 0 spiro atoms. The van der Waals surface area contributed by atoms with Crippen LogP contribution in [0.5, 0.6) is 0 Å². The van der Waals surface area contributed by atoms with E-state index in [9.17, 15) is 46.8 Å². The van der Waals surface area contributed by atoms with Crippen LogP contribution in [0.4, 0.5) is 13.2 Å². The maximum Gasteiger partial charge on any atom is 0.266 e. The summed E-state index contributed by atoms with van der Waals surface area (Å²) in [5, 5.41) is 0. The number of hydrogen-bond acceptors (Lipinski definition) is 13. The average molecular weight is 808 g/mol. The third-order valence-electron chi connectivity index (χ3n) is 0.924. The van der Waals surface area contributed by atoms with Crippen LogP contribution in [0.15, 0.2) is 0 Å². The van der Waals surface area contributed by atoms with Crippen LogP contribution in [-0.2, 0) is 66.5 Å². The first-order valence-corrected chi connectivity index (χ1v) is 12.3. The smallest absolute Gasteiger partial charge is 0.266 e. The predicted molar refractivity (Wildman–Crippen MR) is 99.5 cm³/mol. The van der Waals surface area contributed by atoms with Gasteiger partial charge in [0.15, 0.2) is 0 Å². The molecule has 0 unspecified atom stereocenters. The summed E-state index contributed by atoms with van der Waals surface area (Å²) in [6.45, 7) is -2.16. The minimum atomic E-state index is -3.62. The van der Waals surface area contributed by atoms with E-state index in [1.807, 2.05) is 0 Å². The van der Waals surface area contributed by atoms with E-state index in [1.54, 1.807) is 0 Å². The molecule has 0 heterocycles. The van der Waals surface area contributed by atoms with Gasteiger partial charge in [-0.1, -0.05) is 14.9 Å². The zero-order valence-corrected chi connectivity index (χ0v) is 25.2. The molecule has 0 saturated carbocycles. The van der Waals surface area contributed by atoms with Crippen LogP contribution >= 0.6 is 0 Å². The summed E-state index contributed by atoms with van der Waals surface area (Å²) in [5.41, 5.74) is 0. The van der Waals surface area contributed by atoms with Crippen molar-refractivity contribution in [3.8, 4) is 0 Å². The molecule has 21 heteroatoms. The molecule has 0 atom stereocenters. The van der Waals surface area contributed by atoms with Crippen molar-refractivity contribution in [1.82, 2.24) is 0 Å². The molecule has 0 aliphatic heterocycles. The largest absolute Gasteiger partial charge is 1.00 e. The van der Waals surface area contributed by atoms with Crippen molar-refractivity contribution in [3.63, 3.8) is 0 Å². The van der Waals surface area contributed by atoms with Crippen molar-refractivity contribution in [1.29, 1.82) is 0 Å². The molecule has 0 rings (SSSR count). The molecule has 0 aromatic rings. The summed E-state index contributed by atoms with van der Waals surface area (Å²) in [5.74, 6) is 0. The van der Waals surface area contributed by atoms with Gasteiger partial charge >= 0.3 is 0 Å². The normalized spacial score (nSPS) is 9.81. The topological polar surface area (TPSA) is 173 Å². The molecule has 0 amide bonds. The van der Waals surface area contributed by atoms with Crippen LogP contribution in [0.3, 0.4) is 0 Å². The zero-order chi connectivity index (χ0) is 22.7. The summed E-state index contributed by atoms with van der Waals surface area (Å²) in [6, 6.07) is 0. The first kappa shape index (κ1) is 51.8. The molecule has 0 aliphatic rings. The van der Waals surface area contributed by atoms with E-state index in [1.165, 1.54) is 6.92 Å². The van der Waals surface area contributed by atoms with E-state index in [4.69, 9.17) is 0 Å². The first-order valence-electron chi connectivity index (χ1n) is 5.89. The second-order valence-electron chi connectivity index (χ2n) is 3.39. The Morgan fingerprint density at radius 1 is 0.710 bits per heavy atom. The average Bonchev–Trinajstić information content (AvgIpc) is 2.35. The second kappa shape index (κ2) is 28.4. The third kappa shape index (κ3) is 110. The van der Waals surface area contributed by atoms with Crippen LogP contribution in [0, 0.1) is 0 Å². The summed E-state index contributed by atoms with van der Waals surface area (Å²) in [6.07, 6.45) is 2.35. The molecule has 196 valence electrons. The van der Waals surface area contributed by atoms with Gasteiger partial charge in [-0.15, -0.1) is 0 Å². The monoisotopic (exact) mass is 807 g/mol. The number of hydrogen-bond donors (Lipinski definition) is 0. The van der Waals surface area contributed by atoms with Crippen LogP contribution in [0.2, 0.25) is 0 Å². The van der Waals surface area contributed by atoms with E-state index >= 15 is 0 Å². The molecule has 0 saturated heterocycles. The molecular weight excluding hydrogens is 779 g/mol. The molecule has 0 aromatic heterocycles. The van der Waals surface area contributed by atoms with Crippen molar-refractivity contribution in [2.45, 2.75) is 21.8 Å². The fourth-order valence-electron chi connectivity index (χ4n) is 0.308. The molecule has 0 aliphatic carbocycles. The molecule has 0 N–H and O–H groups in total. The summed E-state index contributed by atoms with van der Waals surface area (Å²) >= 11 is 0. The Morgan fingerprint density at radius 2 is 0.935 bits per heavy atom. The fourth-order valence-corrected chi connectivity index (χ4v) is 1.04. The maximum absolute atomic E-state index is 10.9. The number of rotatable bonds is 8. The van der Waals surface area contributed by atoms with Gasteiger partial charge in [-0.25, -0.2) is 21.3 Å². The van der Waals surface area contributed by atoms with E-state index in [0.717, 1.165) is 18.8 Å². The van der Waals surface area contributed by atoms with Crippen LogP contribution < -0.4 is 4.70 Å². The van der Waals surface area contributed by atoms with Crippen LogP contribution in [0.25, 0.3) is 0 Å². The number of halogens is 4. The van der Waals surface area contributed by atoms with E-state index in [2.05, 4.69) is 16.7 Å². The Labute approximate surface area is 177 Å². The van der Waals surface area contributed by atoms with Gasteiger partial charge in [0.25, 0.3) is 30.4 Å². The van der Waals surface area contributed by atoms with Crippen molar-refractivity contribution >= 4 is 41.3 Å². The van der Waals surface area contributed by atoms with E-state index in [-0.39, 0.29) is 26.2 Å². The van der Waals surface area contributed by atoms with Gasteiger partial charge in [0, 0.05) is 0 Å². The first-order chi connectivity index (χ1) is 12.0. The van der Waals surface area contributed by atoms with Gasteiger partial charge in [0.2, 0.25) is 13.7 Å². The Bertz CT molecular complexity index is 684. The fraction of sp³-hybridized carbons (Fsp3) is 1.00. The van der Waals surface area contributed by atoms with Gasteiger partial charge in [0.05, 0.1) is 36.4 Å². The Kier molecular flexibility index (Phi) is 47.3. The van der Waals surface area contributed by atoms with E-state index in [0.29, 0.717) is 0 Å². The van der Waals surface area contributed by atoms with Crippen molar-refractivity contribution in [2.24, 2.45) is 0 Å². The van der Waals surface area contributed by atoms with Crippen molar-refractivity contribution in [2.75, 3.05) is 46.0 Å². The van der Waals surface area contributed by atoms with Gasteiger partial charge in [-0.2, -0.15) is 25.3 Å². The molecule has 0 bridgehead atoms. The van der Waals surface area contributed by atoms with Gasteiger partial charge in [-0.3, -0.25) is 4.39 Å². The minimum Gasteiger partial charge on any atom is -1.00 e. The van der Waals surface area contributed by atoms with Gasteiger partial charge in [0.1, 0.15) is 6.79 Å². The van der Waals surface area contributed by atoms with Crippen LogP contribution in [0.1, 0.15) is 21.8 Å². The predicted octanol–water partition coefficient (Wildman–Crippen LogP) is -1.81. The molecule has 0 radical (unpaired) electrons. The molecule has 0 fully saturated rings. The molecule has 12 nitrogen and oxygen atoms in total. The standard InChI is InChI=1S/2C2H5FO3S.C2H5F.C2H5O6S2.2CH4.FH.Rf/c2*1-7(4,5)6-2-3;1-2-3;1-10(5,6)8-2-7-9(3)4;;;;/h2*2H2,1H3;2H2,1H3;2H2,1H3;2*1H4;1H;/q;;;-1;;;;/p-1/i3*3-1;;;;1-1;.